The van der Waals surface area contributed by atoms with Crippen molar-refractivity contribution in [3.05, 3.63) is 23.3 Å². The van der Waals surface area contributed by atoms with Gasteiger partial charge in [-0.05, 0) is 32.9 Å². The van der Waals surface area contributed by atoms with E-state index < -0.39 is 0 Å². The number of nitrogen functional groups attached to an aromatic ring is 1. The van der Waals surface area contributed by atoms with Crippen LogP contribution in [0.2, 0.25) is 0 Å². The quantitative estimate of drug-likeness (QED) is 0.784. The van der Waals surface area contributed by atoms with Crippen molar-refractivity contribution in [1.29, 1.82) is 0 Å². The molecule has 0 aliphatic carbocycles. The molecule has 0 spiro atoms. The van der Waals surface area contributed by atoms with Crippen LogP contribution in [0.4, 0.5) is 5.69 Å². The van der Waals surface area contributed by atoms with E-state index in [-0.39, 0.29) is 18.0 Å². The number of fused-ring (bicyclic) bond motifs is 1. The fourth-order valence-electron chi connectivity index (χ4n) is 1.95. The predicted octanol–water partition coefficient (Wildman–Crippen LogP) is 3.19. The Labute approximate surface area is 108 Å². The van der Waals surface area contributed by atoms with Gasteiger partial charge in [-0.2, -0.15) is 0 Å². The van der Waals surface area contributed by atoms with Crippen molar-refractivity contribution in [2.24, 2.45) is 0 Å². The van der Waals surface area contributed by atoms with Crippen LogP contribution in [0.25, 0.3) is 6.08 Å². The maximum absolute atomic E-state index is 5.93. The zero-order valence-corrected chi connectivity index (χ0v) is 11.4. The standard InChI is InChI=1S/C13H17NO2.ClH/c1-8-11-9(5-6-13(2,3)16-11)7-10(14)12(8)15-4;/h5-7H,14H2,1-4H3;1H. The number of hydrogen-bond acceptors (Lipinski definition) is 3. The Balaban J connectivity index is 0.00000144. The number of nitrogens with two attached hydrogens (primary N) is 1. The second kappa shape index (κ2) is 4.49. The number of rotatable bonds is 1. The maximum atomic E-state index is 5.93. The van der Waals surface area contributed by atoms with Gasteiger partial charge in [0.1, 0.15) is 17.1 Å². The molecule has 0 saturated carbocycles. The number of benzene rings is 1. The molecule has 0 radical (unpaired) electrons. The molecule has 1 aromatic carbocycles. The topological polar surface area (TPSA) is 44.5 Å². The average Bonchev–Trinajstić information content (AvgIpc) is 2.20. The summed E-state index contributed by atoms with van der Waals surface area (Å²) in [6.07, 6.45) is 4.07. The fraction of sp³-hybridized carbons (Fsp3) is 0.385. The second-order valence-electron chi connectivity index (χ2n) is 4.58. The van der Waals surface area contributed by atoms with Crippen LogP contribution in [0.15, 0.2) is 12.1 Å². The number of hydrogen-bond donors (Lipinski definition) is 1. The molecule has 3 nitrogen and oxygen atoms in total. The minimum absolute atomic E-state index is 0. The van der Waals surface area contributed by atoms with Crippen LogP contribution in [0.3, 0.4) is 0 Å². The third-order valence-corrected chi connectivity index (χ3v) is 2.75. The molecule has 1 aliphatic heterocycles. The molecule has 1 heterocycles. The SMILES string of the molecule is COc1c(N)cc2c(c1C)OC(C)(C)C=C2.Cl. The van der Waals surface area contributed by atoms with Crippen LogP contribution in [0.5, 0.6) is 11.5 Å². The first kappa shape index (κ1) is 13.7. The van der Waals surface area contributed by atoms with Gasteiger partial charge in [-0.15, -0.1) is 12.4 Å². The van der Waals surface area contributed by atoms with Crippen molar-refractivity contribution in [2.75, 3.05) is 12.8 Å². The van der Waals surface area contributed by atoms with E-state index in [9.17, 15) is 0 Å². The highest BCUT2D eigenvalue weighted by Gasteiger charge is 2.25. The highest BCUT2D eigenvalue weighted by atomic mass is 35.5. The van der Waals surface area contributed by atoms with E-state index >= 15 is 0 Å². The zero-order chi connectivity index (χ0) is 11.9. The number of ether oxygens (including phenoxy) is 2. The third-order valence-electron chi connectivity index (χ3n) is 2.75. The molecule has 0 bridgehead atoms. The third kappa shape index (κ3) is 2.34. The first-order chi connectivity index (χ1) is 7.44. The van der Waals surface area contributed by atoms with Crippen molar-refractivity contribution in [2.45, 2.75) is 26.4 Å². The van der Waals surface area contributed by atoms with Crippen LogP contribution in [-0.2, 0) is 0 Å². The molecule has 17 heavy (non-hydrogen) atoms. The van der Waals surface area contributed by atoms with Gasteiger partial charge in [0, 0.05) is 11.1 Å². The smallest absolute Gasteiger partial charge is 0.148 e. The summed E-state index contributed by atoms with van der Waals surface area (Å²) >= 11 is 0. The monoisotopic (exact) mass is 255 g/mol. The van der Waals surface area contributed by atoms with E-state index in [0.29, 0.717) is 11.4 Å². The Morgan fingerprint density at radius 2 is 2.00 bits per heavy atom. The second-order valence-corrected chi connectivity index (χ2v) is 4.58. The molecule has 0 saturated heterocycles. The van der Waals surface area contributed by atoms with E-state index in [1.165, 1.54) is 0 Å². The molecule has 1 aliphatic rings. The summed E-state index contributed by atoms with van der Waals surface area (Å²) in [5.74, 6) is 1.56. The molecule has 0 aromatic heterocycles. The molecule has 2 N–H and O–H groups in total. The molecular weight excluding hydrogens is 238 g/mol. The largest absolute Gasteiger partial charge is 0.494 e. The van der Waals surface area contributed by atoms with Crippen LogP contribution in [0, 0.1) is 6.92 Å². The van der Waals surface area contributed by atoms with Gasteiger partial charge in [0.25, 0.3) is 0 Å². The van der Waals surface area contributed by atoms with Gasteiger partial charge in [0.2, 0.25) is 0 Å². The van der Waals surface area contributed by atoms with Crippen LogP contribution >= 0.6 is 12.4 Å². The molecular formula is C13H18ClNO2. The first-order valence-electron chi connectivity index (χ1n) is 5.30. The molecule has 4 heteroatoms. The molecule has 0 amide bonds. The zero-order valence-electron chi connectivity index (χ0n) is 10.5. The van der Waals surface area contributed by atoms with Gasteiger partial charge in [-0.1, -0.05) is 6.08 Å². The van der Waals surface area contributed by atoms with Crippen molar-refractivity contribution < 1.29 is 9.47 Å². The molecule has 0 unspecified atom stereocenters. The van der Waals surface area contributed by atoms with Crippen LogP contribution in [-0.4, -0.2) is 12.7 Å². The number of anilines is 1. The molecule has 1 aromatic rings. The Morgan fingerprint density at radius 3 is 2.59 bits per heavy atom. The van der Waals surface area contributed by atoms with Crippen LogP contribution in [0.1, 0.15) is 25.0 Å². The van der Waals surface area contributed by atoms with Gasteiger partial charge >= 0.3 is 0 Å². The van der Waals surface area contributed by atoms with Gasteiger partial charge in [0.15, 0.2) is 0 Å². The van der Waals surface area contributed by atoms with Gasteiger partial charge in [-0.25, -0.2) is 0 Å². The Morgan fingerprint density at radius 1 is 1.35 bits per heavy atom. The van der Waals surface area contributed by atoms with Crippen molar-refractivity contribution >= 4 is 24.2 Å². The van der Waals surface area contributed by atoms with Crippen molar-refractivity contribution in [3.63, 3.8) is 0 Å². The highest BCUT2D eigenvalue weighted by molar-refractivity contribution is 5.85. The van der Waals surface area contributed by atoms with E-state index in [0.717, 1.165) is 16.9 Å². The number of halogens is 1. The predicted molar refractivity (Wildman–Crippen MR) is 73.1 cm³/mol. The summed E-state index contributed by atoms with van der Waals surface area (Å²) in [6.45, 7) is 6.01. The van der Waals surface area contributed by atoms with Gasteiger partial charge in [0.05, 0.1) is 12.8 Å². The lowest BCUT2D eigenvalue weighted by Crippen LogP contribution is -2.28. The summed E-state index contributed by atoms with van der Waals surface area (Å²) in [5.41, 5.74) is 8.24. The Bertz CT molecular complexity index is 467. The normalized spacial score (nSPS) is 15.5. The fourth-order valence-corrected chi connectivity index (χ4v) is 1.95. The molecule has 2 rings (SSSR count). The average molecular weight is 256 g/mol. The lowest BCUT2D eigenvalue weighted by Gasteiger charge is -2.30. The number of methoxy groups -OCH3 is 1. The summed E-state index contributed by atoms with van der Waals surface area (Å²) in [5, 5.41) is 0. The molecule has 94 valence electrons. The minimum atomic E-state index is -0.279. The van der Waals surface area contributed by atoms with E-state index in [4.69, 9.17) is 15.2 Å². The van der Waals surface area contributed by atoms with E-state index in [2.05, 4.69) is 0 Å². The van der Waals surface area contributed by atoms with Crippen molar-refractivity contribution in [1.82, 2.24) is 0 Å². The first-order valence-corrected chi connectivity index (χ1v) is 5.30. The lowest BCUT2D eigenvalue weighted by atomic mass is 9.99. The van der Waals surface area contributed by atoms with Crippen molar-refractivity contribution in [3.8, 4) is 11.5 Å². The summed E-state index contributed by atoms with van der Waals surface area (Å²) in [7, 11) is 1.62. The Kier molecular flexibility index (Phi) is 3.62. The summed E-state index contributed by atoms with van der Waals surface area (Å²) in [6, 6.07) is 1.88. The Hall–Kier alpha value is -1.35. The molecule has 0 fully saturated rings. The summed E-state index contributed by atoms with van der Waals surface area (Å²) < 4.78 is 11.2. The summed E-state index contributed by atoms with van der Waals surface area (Å²) in [4.78, 5) is 0. The van der Waals surface area contributed by atoms with E-state index in [1.54, 1.807) is 7.11 Å². The lowest BCUT2D eigenvalue weighted by molar-refractivity contribution is 0.157. The van der Waals surface area contributed by atoms with E-state index in [1.807, 2.05) is 39.0 Å². The molecule has 0 atom stereocenters. The van der Waals surface area contributed by atoms with Crippen LogP contribution < -0.4 is 15.2 Å². The van der Waals surface area contributed by atoms with Gasteiger partial charge < -0.3 is 15.2 Å². The maximum Gasteiger partial charge on any atom is 0.148 e. The highest BCUT2D eigenvalue weighted by Crippen LogP contribution is 2.41. The van der Waals surface area contributed by atoms with Gasteiger partial charge in [-0.3, -0.25) is 0 Å². The minimum Gasteiger partial charge on any atom is -0.494 e.